The van der Waals surface area contributed by atoms with Gasteiger partial charge in [-0.2, -0.15) is 17.5 Å². The van der Waals surface area contributed by atoms with E-state index < -0.39 is 0 Å². The fraction of sp³-hybridized carbons (Fsp3) is 0. The van der Waals surface area contributed by atoms with Crippen LogP contribution in [-0.2, 0) is 0 Å². The average molecular weight is 407 g/mol. The molecule has 1 amide bonds. The molecule has 0 aliphatic carbocycles. The van der Waals surface area contributed by atoms with E-state index in [-0.39, 0.29) is 11.0 Å². The molecule has 0 spiro atoms. The van der Waals surface area contributed by atoms with Gasteiger partial charge in [0.2, 0.25) is 0 Å². The van der Waals surface area contributed by atoms with Crippen molar-refractivity contribution in [1.29, 1.82) is 0 Å². The van der Waals surface area contributed by atoms with Gasteiger partial charge in [-0.3, -0.25) is 10.1 Å². The van der Waals surface area contributed by atoms with Crippen LogP contribution in [0.25, 0.3) is 22.1 Å². The molecule has 124 valence electrons. The van der Waals surface area contributed by atoms with Crippen LogP contribution in [0.15, 0.2) is 30.3 Å². The van der Waals surface area contributed by atoms with Crippen LogP contribution < -0.4 is 10.6 Å². The van der Waals surface area contributed by atoms with Crippen LogP contribution in [0.4, 0.5) is 5.69 Å². The molecule has 0 saturated heterocycles. The maximum atomic E-state index is 12.4. The van der Waals surface area contributed by atoms with E-state index in [9.17, 15) is 4.79 Å². The molecule has 4 aromatic rings. The lowest BCUT2D eigenvalue weighted by atomic mass is 10.2. The number of rotatable bonds is 2. The maximum Gasteiger partial charge on any atom is 0.257 e. The summed E-state index contributed by atoms with van der Waals surface area (Å²) >= 11 is 13.6. The van der Waals surface area contributed by atoms with E-state index in [4.69, 9.17) is 23.8 Å². The van der Waals surface area contributed by atoms with Crippen LogP contribution >= 0.6 is 47.3 Å². The highest BCUT2D eigenvalue weighted by Crippen LogP contribution is 2.29. The molecule has 2 N–H and O–H groups in total. The molecule has 2 aromatic carbocycles. The van der Waals surface area contributed by atoms with E-state index in [1.165, 1.54) is 0 Å². The number of aromatic nitrogens is 4. The van der Waals surface area contributed by atoms with Crippen molar-refractivity contribution in [3.8, 4) is 0 Å². The molecule has 0 radical (unpaired) electrons. The Hall–Kier alpha value is -2.27. The van der Waals surface area contributed by atoms with Crippen LogP contribution in [0.5, 0.6) is 0 Å². The molecule has 0 bridgehead atoms. The molecule has 0 saturated carbocycles. The number of nitrogens with zero attached hydrogens (tertiary/aromatic N) is 4. The van der Waals surface area contributed by atoms with Crippen molar-refractivity contribution >= 4 is 86.0 Å². The zero-order chi connectivity index (χ0) is 17.4. The van der Waals surface area contributed by atoms with Gasteiger partial charge in [-0.15, -0.1) is 0 Å². The summed E-state index contributed by atoms with van der Waals surface area (Å²) in [7, 11) is 0. The average Bonchev–Trinajstić information content (AvgIpc) is 3.25. The first-order chi connectivity index (χ1) is 12.1. The number of anilines is 1. The van der Waals surface area contributed by atoms with Crippen molar-refractivity contribution in [2.45, 2.75) is 0 Å². The molecular weight excluding hydrogens is 400 g/mol. The number of hydrogen-bond donors (Lipinski definition) is 2. The van der Waals surface area contributed by atoms with E-state index in [0.717, 1.165) is 29.0 Å². The van der Waals surface area contributed by atoms with Gasteiger partial charge in [-0.05, 0) is 42.5 Å². The van der Waals surface area contributed by atoms with E-state index in [1.807, 2.05) is 0 Å². The molecule has 0 unspecified atom stereocenters. The van der Waals surface area contributed by atoms with Gasteiger partial charge in [-0.25, -0.2) is 0 Å². The van der Waals surface area contributed by atoms with Gasteiger partial charge < -0.3 is 5.32 Å². The number of thiocarbonyl (C=S) groups is 1. The lowest BCUT2D eigenvalue weighted by molar-refractivity contribution is 0.0978. The lowest BCUT2D eigenvalue weighted by Crippen LogP contribution is -2.34. The molecule has 4 rings (SSSR count). The Morgan fingerprint density at radius 1 is 1.00 bits per heavy atom. The zero-order valence-electron chi connectivity index (χ0n) is 12.2. The summed E-state index contributed by atoms with van der Waals surface area (Å²) in [6, 6.07) is 8.53. The summed E-state index contributed by atoms with van der Waals surface area (Å²) < 4.78 is 16.6. The number of fused-ring (bicyclic) bond motifs is 2. The molecular formula is C14H7ClN6OS3. The highest BCUT2D eigenvalue weighted by atomic mass is 35.5. The van der Waals surface area contributed by atoms with Gasteiger partial charge in [0.05, 0.1) is 34.2 Å². The summed E-state index contributed by atoms with van der Waals surface area (Å²) in [5.41, 5.74) is 3.66. The molecule has 0 fully saturated rings. The number of carbonyl (C=O) groups is 1. The van der Waals surface area contributed by atoms with Crippen LogP contribution in [-0.4, -0.2) is 28.5 Å². The summed E-state index contributed by atoms with van der Waals surface area (Å²) in [5, 5.41) is 6.09. The Morgan fingerprint density at radius 3 is 2.60 bits per heavy atom. The highest BCUT2D eigenvalue weighted by Gasteiger charge is 2.14. The summed E-state index contributed by atoms with van der Waals surface area (Å²) in [6.07, 6.45) is 0. The first-order valence-electron chi connectivity index (χ1n) is 6.87. The van der Waals surface area contributed by atoms with Gasteiger partial charge in [0.15, 0.2) is 5.11 Å². The summed E-state index contributed by atoms with van der Waals surface area (Å²) in [6.45, 7) is 0. The normalized spacial score (nSPS) is 10.9. The smallest absolute Gasteiger partial charge is 0.257 e. The number of hydrogen-bond acceptors (Lipinski definition) is 8. The van der Waals surface area contributed by atoms with Crippen LogP contribution in [0, 0.1) is 0 Å². The maximum absolute atomic E-state index is 12.4. The predicted molar refractivity (Wildman–Crippen MR) is 104 cm³/mol. The van der Waals surface area contributed by atoms with Crippen molar-refractivity contribution in [1.82, 2.24) is 22.8 Å². The van der Waals surface area contributed by atoms with Crippen molar-refractivity contribution in [3.63, 3.8) is 0 Å². The first-order valence-corrected chi connectivity index (χ1v) is 9.12. The number of nitrogens with one attached hydrogen (secondary N) is 2. The van der Waals surface area contributed by atoms with Crippen LogP contribution in [0.2, 0.25) is 5.02 Å². The largest absolute Gasteiger partial charge is 0.329 e. The standard InChI is InChI=1S/C14H7ClN6OS3/c15-7-2-4-9-12(21-25-19-9)11(7)16-14(23)17-13(22)6-1-3-8-10(5-6)20-24-18-8/h1-5H,(H2,16,17,22,23). The molecule has 11 heteroatoms. The molecule has 0 aliphatic heterocycles. The third-order valence-electron chi connectivity index (χ3n) is 3.36. The first kappa shape index (κ1) is 16.2. The Kier molecular flexibility index (Phi) is 4.25. The van der Waals surface area contributed by atoms with Crippen LogP contribution in [0.3, 0.4) is 0 Å². The van der Waals surface area contributed by atoms with Crippen molar-refractivity contribution in [2.24, 2.45) is 0 Å². The number of halogens is 1. The van der Waals surface area contributed by atoms with E-state index in [0.29, 0.717) is 32.8 Å². The molecule has 7 nitrogen and oxygen atoms in total. The quantitative estimate of drug-likeness (QED) is 0.492. The molecule has 0 aliphatic rings. The molecule has 2 heterocycles. The van der Waals surface area contributed by atoms with Crippen molar-refractivity contribution in [3.05, 3.63) is 40.9 Å². The predicted octanol–water partition coefficient (Wildman–Crippen LogP) is 3.48. The van der Waals surface area contributed by atoms with Gasteiger partial charge in [0.1, 0.15) is 22.1 Å². The third-order valence-corrected chi connectivity index (χ3v) is 4.98. The topological polar surface area (TPSA) is 92.7 Å². The minimum atomic E-state index is -0.355. The molecule has 2 aromatic heterocycles. The van der Waals surface area contributed by atoms with Gasteiger partial charge >= 0.3 is 0 Å². The van der Waals surface area contributed by atoms with Gasteiger partial charge in [-0.1, -0.05) is 11.6 Å². The Bertz CT molecular complexity index is 1120. The second-order valence-electron chi connectivity index (χ2n) is 4.93. The number of benzene rings is 2. The minimum Gasteiger partial charge on any atom is -0.329 e. The zero-order valence-corrected chi connectivity index (χ0v) is 15.4. The number of carbonyl (C=O) groups excluding carboxylic acids is 1. The van der Waals surface area contributed by atoms with E-state index in [1.54, 1.807) is 30.3 Å². The van der Waals surface area contributed by atoms with Crippen molar-refractivity contribution in [2.75, 3.05) is 5.32 Å². The Labute approximate surface area is 159 Å². The second-order valence-corrected chi connectivity index (χ2v) is 6.80. The SMILES string of the molecule is O=C(NC(=S)Nc1c(Cl)ccc2nsnc12)c1ccc2nsnc2c1. The van der Waals surface area contributed by atoms with Crippen LogP contribution in [0.1, 0.15) is 10.4 Å². The molecule has 0 atom stereocenters. The third kappa shape index (κ3) is 3.16. The lowest BCUT2D eigenvalue weighted by Gasteiger charge is -2.11. The monoisotopic (exact) mass is 406 g/mol. The van der Waals surface area contributed by atoms with Gasteiger partial charge in [0, 0.05) is 5.56 Å². The fourth-order valence-corrected chi connectivity index (χ4v) is 3.64. The summed E-state index contributed by atoms with van der Waals surface area (Å²) in [4.78, 5) is 12.4. The second kappa shape index (κ2) is 6.56. The summed E-state index contributed by atoms with van der Waals surface area (Å²) in [5.74, 6) is -0.355. The Balaban J connectivity index is 1.54. The number of amides is 1. The minimum absolute atomic E-state index is 0.115. The highest BCUT2D eigenvalue weighted by molar-refractivity contribution is 7.80. The van der Waals surface area contributed by atoms with E-state index in [2.05, 4.69) is 28.1 Å². The Morgan fingerprint density at radius 2 is 1.72 bits per heavy atom. The van der Waals surface area contributed by atoms with E-state index >= 15 is 0 Å². The van der Waals surface area contributed by atoms with Gasteiger partial charge in [0.25, 0.3) is 5.91 Å². The molecule has 25 heavy (non-hydrogen) atoms. The van der Waals surface area contributed by atoms with Crippen molar-refractivity contribution < 1.29 is 4.79 Å². The fourth-order valence-electron chi connectivity index (χ4n) is 2.19.